The number of rotatable bonds is 5. The van der Waals surface area contributed by atoms with E-state index in [4.69, 9.17) is 0 Å². The fourth-order valence-electron chi connectivity index (χ4n) is 3.09. The Balaban J connectivity index is 1.58. The minimum Gasteiger partial charge on any atom is -0.338 e. The Labute approximate surface area is 153 Å². The van der Waals surface area contributed by atoms with E-state index in [0.717, 1.165) is 32.1 Å². The second-order valence-corrected chi connectivity index (χ2v) is 6.37. The molecule has 7 heteroatoms. The summed E-state index contributed by atoms with van der Waals surface area (Å²) < 4.78 is 0. The number of hydrogen-bond acceptors (Lipinski definition) is 6. The Morgan fingerprint density at radius 3 is 2.23 bits per heavy atom. The Kier molecular flexibility index (Phi) is 5.58. The van der Waals surface area contributed by atoms with Crippen molar-refractivity contribution in [2.75, 3.05) is 36.4 Å². The molecule has 7 nitrogen and oxygen atoms in total. The van der Waals surface area contributed by atoms with Gasteiger partial charge in [-0.15, -0.1) is 0 Å². The molecule has 2 heterocycles. The van der Waals surface area contributed by atoms with Crippen molar-refractivity contribution < 1.29 is 9.59 Å². The van der Waals surface area contributed by atoms with Crippen LogP contribution in [0, 0.1) is 0 Å². The molecule has 1 atom stereocenters. The number of piperazine rings is 1. The van der Waals surface area contributed by atoms with Crippen molar-refractivity contribution in [3.05, 3.63) is 48.3 Å². The molecule has 26 heavy (non-hydrogen) atoms. The van der Waals surface area contributed by atoms with Gasteiger partial charge in [0.05, 0.1) is 6.04 Å². The van der Waals surface area contributed by atoms with Crippen molar-refractivity contribution in [3.63, 3.8) is 0 Å². The van der Waals surface area contributed by atoms with Crippen molar-refractivity contribution in [3.8, 4) is 0 Å². The van der Waals surface area contributed by atoms with Crippen LogP contribution in [0.4, 0.5) is 11.6 Å². The van der Waals surface area contributed by atoms with E-state index in [2.05, 4.69) is 25.1 Å². The predicted octanol–water partition coefficient (Wildman–Crippen LogP) is 1.83. The third kappa shape index (κ3) is 4.23. The van der Waals surface area contributed by atoms with Crippen LogP contribution in [-0.2, 0) is 4.79 Å². The van der Waals surface area contributed by atoms with Crippen LogP contribution in [0.2, 0.25) is 0 Å². The van der Waals surface area contributed by atoms with Crippen molar-refractivity contribution in [1.29, 1.82) is 0 Å². The normalized spacial score (nSPS) is 16.2. The Bertz CT molecular complexity index is 755. The molecule has 1 fully saturated rings. The molecule has 1 unspecified atom stereocenters. The predicted molar refractivity (Wildman–Crippen MR) is 100 cm³/mol. The number of benzene rings is 1. The van der Waals surface area contributed by atoms with Crippen LogP contribution < -0.4 is 10.2 Å². The highest BCUT2D eigenvalue weighted by Crippen LogP contribution is 2.16. The van der Waals surface area contributed by atoms with Gasteiger partial charge in [-0.25, -0.2) is 9.97 Å². The average molecular weight is 353 g/mol. The van der Waals surface area contributed by atoms with Crippen molar-refractivity contribution in [1.82, 2.24) is 14.9 Å². The maximum Gasteiger partial charge on any atom is 0.225 e. The van der Waals surface area contributed by atoms with Gasteiger partial charge in [-0.3, -0.25) is 14.5 Å². The van der Waals surface area contributed by atoms with E-state index in [1.807, 2.05) is 6.92 Å². The highest BCUT2D eigenvalue weighted by molar-refractivity contribution is 6.00. The van der Waals surface area contributed by atoms with Crippen LogP contribution in [0.25, 0.3) is 0 Å². The molecule has 1 aromatic heterocycles. The van der Waals surface area contributed by atoms with Gasteiger partial charge in [-0.2, -0.15) is 0 Å². The first kappa shape index (κ1) is 18.0. The molecule has 136 valence electrons. The Morgan fingerprint density at radius 2 is 1.65 bits per heavy atom. The number of nitrogens with one attached hydrogen (secondary N) is 1. The molecule has 0 aliphatic carbocycles. The SMILES string of the molecule is CC(=O)Nc1ccc(C(=O)C(C)N2CCN(c3ncccn3)CC2)cc1. The van der Waals surface area contributed by atoms with Gasteiger partial charge in [0.1, 0.15) is 0 Å². The number of ketones is 1. The molecule has 1 N–H and O–H groups in total. The largest absolute Gasteiger partial charge is 0.338 e. The number of carbonyl (C=O) groups is 2. The molecule has 0 radical (unpaired) electrons. The summed E-state index contributed by atoms with van der Waals surface area (Å²) in [6.45, 7) is 6.57. The highest BCUT2D eigenvalue weighted by atomic mass is 16.1. The second-order valence-electron chi connectivity index (χ2n) is 6.37. The zero-order chi connectivity index (χ0) is 18.5. The molecule has 1 aliphatic heterocycles. The lowest BCUT2D eigenvalue weighted by Gasteiger charge is -2.37. The molecular formula is C19H23N5O2. The highest BCUT2D eigenvalue weighted by Gasteiger charge is 2.27. The van der Waals surface area contributed by atoms with Gasteiger partial charge < -0.3 is 10.2 Å². The van der Waals surface area contributed by atoms with E-state index in [0.29, 0.717) is 11.3 Å². The number of nitrogens with zero attached hydrogens (tertiary/aromatic N) is 4. The first-order valence-corrected chi connectivity index (χ1v) is 8.72. The van der Waals surface area contributed by atoms with Gasteiger partial charge in [-0.1, -0.05) is 0 Å². The Hall–Kier alpha value is -2.80. The van der Waals surface area contributed by atoms with Crippen LogP contribution in [0.3, 0.4) is 0 Å². The number of hydrogen-bond donors (Lipinski definition) is 1. The summed E-state index contributed by atoms with van der Waals surface area (Å²) in [6, 6.07) is 8.65. The number of carbonyl (C=O) groups excluding carboxylic acids is 2. The molecule has 3 rings (SSSR count). The summed E-state index contributed by atoms with van der Waals surface area (Å²) in [5, 5.41) is 2.71. The van der Waals surface area contributed by atoms with Crippen LogP contribution in [0.5, 0.6) is 0 Å². The van der Waals surface area contributed by atoms with Crippen molar-refractivity contribution in [2.24, 2.45) is 0 Å². The topological polar surface area (TPSA) is 78.4 Å². The fraction of sp³-hybridized carbons (Fsp3) is 0.368. The Morgan fingerprint density at radius 1 is 1.04 bits per heavy atom. The number of aromatic nitrogens is 2. The zero-order valence-corrected chi connectivity index (χ0v) is 15.1. The first-order valence-electron chi connectivity index (χ1n) is 8.72. The van der Waals surface area contributed by atoms with Crippen LogP contribution >= 0.6 is 0 Å². The minimum atomic E-state index is -0.194. The molecule has 0 bridgehead atoms. The fourth-order valence-corrected chi connectivity index (χ4v) is 3.09. The molecule has 2 aromatic rings. The van der Waals surface area contributed by atoms with Crippen LogP contribution in [0.1, 0.15) is 24.2 Å². The summed E-state index contributed by atoms with van der Waals surface area (Å²) in [7, 11) is 0. The van der Waals surface area contributed by atoms with E-state index in [1.165, 1.54) is 6.92 Å². The van der Waals surface area contributed by atoms with E-state index in [9.17, 15) is 9.59 Å². The summed E-state index contributed by atoms with van der Waals surface area (Å²) in [5.74, 6) is 0.696. The maximum atomic E-state index is 12.8. The lowest BCUT2D eigenvalue weighted by molar-refractivity contribution is -0.114. The van der Waals surface area contributed by atoms with Gasteiger partial charge >= 0.3 is 0 Å². The van der Waals surface area contributed by atoms with Crippen LogP contribution in [0.15, 0.2) is 42.7 Å². The lowest BCUT2D eigenvalue weighted by atomic mass is 10.0. The van der Waals surface area contributed by atoms with E-state index in [-0.39, 0.29) is 17.7 Å². The monoisotopic (exact) mass is 353 g/mol. The first-order chi connectivity index (χ1) is 12.5. The van der Waals surface area contributed by atoms with E-state index >= 15 is 0 Å². The maximum absolute atomic E-state index is 12.8. The standard InChI is InChI=1S/C19H23N5O2/c1-14(18(26)16-4-6-17(7-5-16)22-15(2)25)23-10-12-24(13-11-23)19-20-8-3-9-21-19/h3-9,14H,10-13H2,1-2H3,(H,22,25). The lowest BCUT2D eigenvalue weighted by Crippen LogP contribution is -2.52. The van der Waals surface area contributed by atoms with Crippen molar-refractivity contribution >= 4 is 23.3 Å². The summed E-state index contributed by atoms with van der Waals surface area (Å²) in [5.41, 5.74) is 1.35. The number of anilines is 2. The van der Waals surface area contributed by atoms with Gasteiger partial charge in [0.15, 0.2) is 5.78 Å². The molecule has 0 spiro atoms. The quantitative estimate of drug-likeness (QED) is 0.826. The average Bonchev–Trinajstić information content (AvgIpc) is 2.68. The second kappa shape index (κ2) is 8.05. The van der Waals surface area contributed by atoms with Gasteiger partial charge in [0.25, 0.3) is 0 Å². The minimum absolute atomic E-state index is 0.0868. The van der Waals surface area contributed by atoms with Gasteiger partial charge in [0, 0.05) is 56.7 Å². The van der Waals surface area contributed by atoms with E-state index < -0.39 is 0 Å². The third-order valence-electron chi connectivity index (χ3n) is 4.57. The van der Waals surface area contributed by atoms with Crippen LogP contribution in [-0.4, -0.2) is 58.8 Å². The summed E-state index contributed by atoms with van der Waals surface area (Å²) in [4.78, 5) is 36.7. The smallest absolute Gasteiger partial charge is 0.225 e. The summed E-state index contributed by atoms with van der Waals surface area (Å²) in [6.07, 6.45) is 3.48. The molecule has 0 saturated carbocycles. The number of Topliss-reactive ketones (excluding diaryl/α,β-unsaturated/α-hetero) is 1. The third-order valence-corrected chi connectivity index (χ3v) is 4.57. The van der Waals surface area contributed by atoms with E-state index in [1.54, 1.807) is 42.7 Å². The molecule has 1 saturated heterocycles. The zero-order valence-electron chi connectivity index (χ0n) is 15.1. The molecular weight excluding hydrogens is 330 g/mol. The molecule has 1 amide bonds. The van der Waals surface area contributed by atoms with Gasteiger partial charge in [-0.05, 0) is 37.3 Å². The molecule has 1 aromatic carbocycles. The van der Waals surface area contributed by atoms with Gasteiger partial charge in [0.2, 0.25) is 11.9 Å². The number of amides is 1. The van der Waals surface area contributed by atoms with Crippen molar-refractivity contribution in [2.45, 2.75) is 19.9 Å². The molecule has 1 aliphatic rings. The summed E-state index contributed by atoms with van der Waals surface area (Å²) >= 11 is 0.